The van der Waals surface area contributed by atoms with Crippen LogP contribution in [-0.2, 0) is 9.59 Å². The van der Waals surface area contributed by atoms with Gasteiger partial charge in [-0.25, -0.2) is 0 Å². The van der Waals surface area contributed by atoms with Crippen molar-refractivity contribution in [2.45, 2.75) is 18.9 Å². The number of rotatable bonds is 3. The molecular formula is C17H20N2O2S. The molecule has 0 saturated carbocycles. The molecule has 0 radical (unpaired) electrons. The standard InChI is InChI=1S/C17H20N2O2S/c20-16(9-8-14-6-2-1-3-7-14)19-13-22-12-15(19)17(21)18-10-4-5-11-18/h1-3,6-9,15H,4-5,10-13H2/b9-8+/t15-/m0/s1. The number of benzene rings is 1. The molecule has 0 bridgehead atoms. The summed E-state index contributed by atoms with van der Waals surface area (Å²) >= 11 is 1.65. The fraction of sp³-hybridized carbons (Fsp3) is 0.412. The summed E-state index contributed by atoms with van der Waals surface area (Å²) in [5.41, 5.74) is 0.991. The second-order valence-corrected chi connectivity index (χ2v) is 6.60. The van der Waals surface area contributed by atoms with Gasteiger partial charge in [0.1, 0.15) is 6.04 Å². The molecule has 1 aromatic rings. The van der Waals surface area contributed by atoms with Crippen molar-refractivity contribution in [3.05, 3.63) is 42.0 Å². The smallest absolute Gasteiger partial charge is 0.247 e. The Morgan fingerprint density at radius 3 is 2.59 bits per heavy atom. The summed E-state index contributed by atoms with van der Waals surface area (Å²) in [5, 5.41) is 0. The third kappa shape index (κ3) is 3.35. The summed E-state index contributed by atoms with van der Waals surface area (Å²) in [4.78, 5) is 28.5. The maximum atomic E-state index is 12.5. The molecule has 1 aromatic carbocycles. The second kappa shape index (κ2) is 7.01. The zero-order valence-electron chi connectivity index (χ0n) is 12.5. The van der Waals surface area contributed by atoms with Crippen molar-refractivity contribution in [3.63, 3.8) is 0 Å². The van der Waals surface area contributed by atoms with Gasteiger partial charge >= 0.3 is 0 Å². The number of hydrogen-bond acceptors (Lipinski definition) is 3. The van der Waals surface area contributed by atoms with Crippen LogP contribution in [0, 0.1) is 0 Å². The molecule has 2 amide bonds. The first-order valence-corrected chi connectivity index (χ1v) is 8.81. The lowest BCUT2D eigenvalue weighted by atomic mass is 10.2. The average Bonchev–Trinajstić information content (AvgIpc) is 3.24. The predicted molar refractivity (Wildman–Crippen MR) is 89.2 cm³/mol. The summed E-state index contributed by atoms with van der Waals surface area (Å²) in [6.07, 6.45) is 5.54. The first-order valence-electron chi connectivity index (χ1n) is 7.66. The molecule has 5 heteroatoms. The van der Waals surface area contributed by atoms with Gasteiger partial charge in [-0.3, -0.25) is 9.59 Å². The zero-order valence-corrected chi connectivity index (χ0v) is 13.3. The highest BCUT2D eigenvalue weighted by Crippen LogP contribution is 2.24. The van der Waals surface area contributed by atoms with Crippen LogP contribution in [0.5, 0.6) is 0 Å². The van der Waals surface area contributed by atoms with Gasteiger partial charge in [0.25, 0.3) is 0 Å². The summed E-state index contributed by atoms with van der Waals surface area (Å²) in [7, 11) is 0. The Balaban J connectivity index is 1.66. The number of carbonyl (C=O) groups excluding carboxylic acids is 2. The van der Waals surface area contributed by atoms with E-state index in [0.717, 1.165) is 31.5 Å². The van der Waals surface area contributed by atoms with Crippen LogP contribution >= 0.6 is 11.8 Å². The molecule has 4 nitrogen and oxygen atoms in total. The Morgan fingerprint density at radius 2 is 1.86 bits per heavy atom. The SMILES string of the molecule is O=C([C@@H]1CSCN1C(=O)/C=C/c1ccccc1)N1CCCC1. The monoisotopic (exact) mass is 316 g/mol. The summed E-state index contributed by atoms with van der Waals surface area (Å²) in [5.74, 6) is 1.35. The van der Waals surface area contributed by atoms with Crippen LogP contribution in [0.25, 0.3) is 6.08 Å². The molecule has 0 unspecified atom stereocenters. The number of amides is 2. The van der Waals surface area contributed by atoms with E-state index in [0.29, 0.717) is 11.6 Å². The number of hydrogen-bond donors (Lipinski definition) is 0. The highest BCUT2D eigenvalue weighted by atomic mass is 32.2. The number of thioether (sulfide) groups is 1. The van der Waals surface area contributed by atoms with E-state index in [9.17, 15) is 9.59 Å². The molecule has 3 rings (SSSR count). The Morgan fingerprint density at radius 1 is 1.14 bits per heavy atom. The predicted octanol–water partition coefficient (Wildman–Crippen LogP) is 2.22. The molecule has 0 N–H and O–H groups in total. The topological polar surface area (TPSA) is 40.6 Å². The lowest BCUT2D eigenvalue weighted by Crippen LogP contribution is -2.47. The molecule has 116 valence electrons. The minimum atomic E-state index is -0.295. The van der Waals surface area contributed by atoms with Gasteiger partial charge in [0.05, 0.1) is 5.88 Å². The Bertz CT molecular complexity index is 567. The molecule has 0 aliphatic carbocycles. The van der Waals surface area contributed by atoms with Gasteiger partial charge < -0.3 is 9.80 Å². The van der Waals surface area contributed by atoms with Crippen LogP contribution in [0.2, 0.25) is 0 Å². The van der Waals surface area contributed by atoms with Crippen LogP contribution < -0.4 is 0 Å². The van der Waals surface area contributed by atoms with Gasteiger partial charge in [-0.1, -0.05) is 30.3 Å². The zero-order chi connectivity index (χ0) is 15.4. The van der Waals surface area contributed by atoms with Crippen molar-refractivity contribution in [2.75, 3.05) is 24.7 Å². The van der Waals surface area contributed by atoms with Gasteiger partial charge in [-0.05, 0) is 24.5 Å². The number of likely N-dealkylation sites (tertiary alicyclic amines) is 1. The van der Waals surface area contributed by atoms with E-state index in [1.807, 2.05) is 41.3 Å². The fourth-order valence-electron chi connectivity index (χ4n) is 2.84. The van der Waals surface area contributed by atoms with Crippen molar-refractivity contribution < 1.29 is 9.59 Å². The summed E-state index contributed by atoms with van der Waals surface area (Å²) < 4.78 is 0. The largest absolute Gasteiger partial charge is 0.341 e. The van der Waals surface area contributed by atoms with Crippen molar-refractivity contribution in [1.29, 1.82) is 0 Å². The summed E-state index contributed by atoms with van der Waals surface area (Å²) in [6, 6.07) is 9.44. The van der Waals surface area contributed by atoms with Crippen LogP contribution in [0.3, 0.4) is 0 Å². The van der Waals surface area contributed by atoms with Crippen molar-refractivity contribution in [2.24, 2.45) is 0 Å². The lowest BCUT2D eigenvalue weighted by Gasteiger charge is -2.26. The maximum Gasteiger partial charge on any atom is 0.247 e. The molecule has 22 heavy (non-hydrogen) atoms. The van der Waals surface area contributed by atoms with Crippen LogP contribution in [0.4, 0.5) is 0 Å². The summed E-state index contributed by atoms with van der Waals surface area (Å²) in [6.45, 7) is 1.67. The van der Waals surface area contributed by atoms with Gasteiger partial charge in [0.15, 0.2) is 0 Å². The molecule has 0 aromatic heterocycles. The molecule has 0 spiro atoms. The van der Waals surface area contributed by atoms with E-state index in [-0.39, 0.29) is 17.9 Å². The normalized spacial score (nSPS) is 21.7. The highest BCUT2D eigenvalue weighted by molar-refractivity contribution is 7.99. The van der Waals surface area contributed by atoms with Gasteiger partial charge in [-0.15, -0.1) is 11.8 Å². The fourth-order valence-corrected chi connectivity index (χ4v) is 4.00. The molecule has 2 heterocycles. The number of carbonyl (C=O) groups is 2. The minimum Gasteiger partial charge on any atom is -0.341 e. The molecule has 2 saturated heterocycles. The Kier molecular flexibility index (Phi) is 4.83. The third-order valence-corrected chi connectivity index (χ3v) is 5.10. The van der Waals surface area contributed by atoms with E-state index in [2.05, 4.69) is 0 Å². The first-order chi connectivity index (χ1) is 10.8. The van der Waals surface area contributed by atoms with E-state index in [1.165, 1.54) is 0 Å². The van der Waals surface area contributed by atoms with E-state index in [4.69, 9.17) is 0 Å². The van der Waals surface area contributed by atoms with Gasteiger partial charge in [0, 0.05) is 24.9 Å². The molecule has 2 aliphatic rings. The van der Waals surface area contributed by atoms with E-state index < -0.39 is 0 Å². The van der Waals surface area contributed by atoms with E-state index >= 15 is 0 Å². The Labute approximate surface area is 135 Å². The third-order valence-electron chi connectivity index (χ3n) is 4.09. The van der Waals surface area contributed by atoms with Crippen molar-refractivity contribution in [3.8, 4) is 0 Å². The van der Waals surface area contributed by atoms with E-state index in [1.54, 1.807) is 22.7 Å². The molecular weight excluding hydrogens is 296 g/mol. The van der Waals surface area contributed by atoms with Crippen LogP contribution in [-0.4, -0.2) is 52.4 Å². The lowest BCUT2D eigenvalue weighted by molar-refractivity contribution is -0.140. The van der Waals surface area contributed by atoms with Crippen molar-refractivity contribution >= 4 is 29.7 Å². The molecule has 2 fully saturated rings. The maximum absolute atomic E-state index is 12.5. The Hall–Kier alpha value is -1.75. The highest BCUT2D eigenvalue weighted by Gasteiger charge is 2.36. The van der Waals surface area contributed by atoms with Crippen LogP contribution in [0.1, 0.15) is 18.4 Å². The average molecular weight is 316 g/mol. The van der Waals surface area contributed by atoms with Gasteiger partial charge in [-0.2, -0.15) is 0 Å². The quantitative estimate of drug-likeness (QED) is 0.803. The molecule has 2 aliphatic heterocycles. The van der Waals surface area contributed by atoms with Crippen molar-refractivity contribution in [1.82, 2.24) is 9.80 Å². The minimum absolute atomic E-state index is 0.0774. The molecule has 1 atom stereocenters. The van der Waals surface area contributed by atoms with Crippen LogP contribution in [0.15, 0.2) is 36.4 Å². The van der Waals surface area contributed by atoms with Gasteiger partial charge in [0.2, 0.25) is 11.8 Å². The first kappa shape index (κ1) is 15.2. The number of nitrogens with zero attached hydrogens (tertiary/aromatic N) is 2. The second-order valence-electron chi connectivity index (χ2n) is 5.60.